The van der Waals surface area contributed by atoms with Gasteiger partial charge < -0.3 is 4.42 Å². The zero-order chi connectivity index (χ0) is 25.9. The molecule has 5 nitrogen and oxygen atoms in total. The molecule has 0 aliphatic heterocycles. The third-order valence-electron chi connectivity index (χ3n) is 7.24. The smallest absolute Gasteiger partial charge is 0.239 e. The Kier molecular flexibility index (Phi) is 4.81. The molecular weight excluding hydrogens is 504 g/mol. The van der Waals surface area contributed by atoms with Gasteiger partial charge in [-0.2, -0.15) is 15.0 Å². The lowest BCUT2D eigenvalue weighted by Crippen LogP contribution is -2.05. The lowest BCUT2D eigenvalue weighted by Gasteiger charge is -2.12. The molecule has 8 aromatic rings. The summed E-state index contributed by atoms with van der Waals surface area (Å²) >= 11 is 6.58. The van der Waals surface area contributed by atoms with E-state index in [-0.39, 0.29) is 5.28 Å². The molecule has 0 radical (unpaired) electrons. The highest BCUT2D eigenvalue weighted by molar-refractivity contribution is 6.28. The predicted octanol–water partition coefficient (Wildman–Crippen LogP) is 8.86. The largest absolute Gasteiger partial charge is 0.456 e. The second-order valence-electron chi connectivity index (χ2n) is 9.42. The third-order valence-corrected chi connectivity index (χ3v) is 7.41. The molecule has 0 saturated heterocycles. The van der Waals surface area contributed by atoms with Crippen molar-refractivity contribution in [1.82, 2.24) is 19.5 Å². The van der Waals surface area contributed by atoms with Crippen molar-refractivity contribution in [3.8, 4) is 28.5 Å². The van der Waals surface area contributed by atoms with Gasteiger partial charge in [0.2, 0.25) is 11.2 Å². The Morgan fingerprint density at radius 1 is 0.513 bits per heavy atom. The summed E-state index contributed by atoms with van der Waals surface area (Å²) in [5.41, 5.74) is 6.61. The highest BCUT2D eigenvalue weighted by atomic mass is 35.5. The maximum absolute atomic E-state index is 6.58. The third kappa shape index (κ3) is 3.37. The summed E-state index contributed by atoms with van der Waals surface area (Å²) in [6, 6.07) is 38.9. The number of nitrogens with zero attached hydrogens (tertiary/aromatic N) is 4. The molecule has 0 aliphatic rings. The molecule has 184 valence electrons. The van der Waals surface area contributed by atoms with Gasteiger partial charge in [0.05, 0.1) is 11.0 Å². The van der Waals surface area contributed by atoms with Crippen molar-refractivity contribution in [2.45, 2.75) is 0 Å². The average Bonchev–Trinajstić information content (AvgIpc) is 3.53. The number of benzene rings is 5. The van der Waals surface area contributed by atoms with Crippen LogP contribution in [0.3, 0.4) is 0 Å². The van der Waals surface area contributed by atoms with Crippen molar-refractivity contribution >= 4 is 55.3 Å². The maximum Gasteiger partial charge on any atom is 0.239 e. The SMILES string of the molecule is Clc1nc(-c2ccccc2-c2cccc3oc4ccccc4c23)nc(-n2c3ccccc3c3ccccc32)n1. The summed E-state index contributed by atoms with van der Waals surface area (Å²) in [5.74, 6) is 0.983. The summed E-state index contributed by atoms with van der Waals surface area (Å²) in [6.45, 7) is 0. The first-order chi connectivity index (χ1) is 19.3. The van der Waals surface area contributed by atoms with Crippen LogP contribution in [0.2, 0.25) is 5.28 Å². The summed E-state index contributed by atoms with van der Waals surface area (Å²) in [6.07, 6.45) is 0. The van der Waals surface area contributed by atoms with E-state index in [9.17, 15) is 0 Å². The monoisotopic (exact) mass is 522 g/mol. The normalized spacial score (nSPS) is 11.7. The number of fused-ring (bicyclic) bond motifs is 6. The van der Waals surface area contributed by atoms with Crippen LogP contribution in [0.4, 0.5) is 0 Å². The van der Waals surface area contributed by atoms with Crippen molar-refractivity contribution in [3.05, 3.63) is 121 Å². The van der Waals surface area contributed by atoms with Crippen molar-refractivity contribution in [3.63, 3.8) is 0 Å². The van der Waals surface area contributed by atoms with Crippen LogP contribution >= 0.6 is 11.6 Å². The number of para-hydroxylation sites is 3. The Labute approximate surface area is 228 Å². The number of furan rings is 1. The lowest BCUT2D eigenvalue weighted by atomic mass is 9.95. The molecule has 3 aromatic heterocycles. The number of halogens is 1. The van der Waals surface area contributed by atoms with Gasteiger partial charge in [-0.05, 0) is 47.0 Å². The molecule has 0 N–H and O–H groups in total. The lowest BCUT2D eigenvalue weighted by molar-refractivity contribution is 0.669. The van der Waals surface area contributed by atoms with Gasteiger partial charge >= 0.3 is 0 Å². The summed E-state index contributed by atoms with van der Waals surface area (Å²) < 4.78 is 8.21. The molecule has 39 heavy (non-hydrogen) atoms. The van der Waals surface area contributed by atoms with Gasteiger partial charge in [-0.1, -0.05) is 91.0 Å². The Balaban J connectivity index is 1.39. The Bertz CT molecular complexity index is 2160. The molecule has 0 unspecified atom stereocenters. The predicted molar refractivity (Wildman–Crippen MR) is 157 cm³/mol. The van der Waals surface area contributed by atoms with E-state index in [1.54, 1.807) is 0 Å². The number of rotatable bonds is 3. The van der Waals surface area contributed by atoms with Gasteiger partial charge in [-0.25, -0.2) is 0 Å². The maximum atomic E-state index is 6.58. The van der Waals surface area contributed by atoms with Gasteiger partial charge in [-0.3, -0.25) is 4.57 Å². The van der Waals surface area contributed by atoms with Crippen LogP contribution in [-0.4, -0.2) is 19.5 Å². The van der Waals surface area contributed by atoms with Crippen LogP contribution in [0.25, 0.3) is 72.2 Å². The molecule has 8 rings (SSSR count). The Hall–Kier alpha value is -5.00. The van der Waals surface area contributed by atoms with Gasteiger partial charge in [0.15, 0.2) is 5.82 Å². The summed E-state index contributed by atoms with van der Waals surface area (Å²) in [5, 5.41) is 4.52. The van der Waals surface area contributed by atoms with Crippen LogP contribution in [0.5, 0.6) is 0 Å². The fraction of sp³-hybridized carbons (Fsp3) is 0. The average molecular weight is 523 g/mol. The van der Waals surface area contributed by atoms with E-state index in [2.05, 4.69) is 57.0 Å². The molecule has 0 atom stereocenters. The van der Waals surface area contributed by atoms with Crippen LogP contribution in [-0.2, 0) is 0 Å². The zero-order valence-electron chi connectivity index (χ0n) is 20.5. The van der Waals surface area contributed by atoms with E-state index < -0.39 is 0 Å². The van der Waals surface area contributed by atoms with E-state index in [0.717, 1.165) is 60.4 Å². The highest BCUT2D eigenvalue weighted by Crippen LogP contribution is 2.40. The van der Waals surface area contributed by atoms with Crippen molar-refractivity contribution in [1.29, 1.82) is 0 Å². The Morgan fingerprint density at radius 3 is 1.87 bits per heavy atom. The molecule has 6 heteroatoms. The molecular formula is C33H19ClN4O. The standard InChI is InChI=1S/C33H19ClN4O/c34-32-35-31(36-33(37-32)38-26-16-6-3-11-21(26)22-12-4-7-17-27(22)38)24-13-2-1-10-20(24)23-15-9-19-29-30(23)25-14-5-8-18-28(25)39-29/h1-19H. The highest BCUT2D eigenvalue weighted by Gasteiger charge is 2.19. The van der Waals surface area contributed by atoms with Crippen molar-refractivity contribution < 1.29 is 4.42 Å². The zero-order valence-corrected chi connectivity index (χ0v) is 21.3. The number of aromatic nitrogens is 4. The van der Waals surface area contributed by atoms with E-state index in [0.29, 0.717) is 11.8 Å². The molecule has 5 aromatic carbocycles. The van der Waals surface area contributed by atoms with Gasteiger partial charge in [0, 0.05) is 27.1 Å². The minimum atomic E-state index is 0.138. The van der Waals surface area contributed by atoms with Crippen molar-refractivity contribution in [2.24, 2.45) is 0 Å². The fourth-order valence-electron chi connectivity index (χ4n) is 5.61. The first-order valence-corrected chi connectivity index (χ1v) is 13.0. The second kappa shape index (κ2) is 8.51. The van der Waals surface area contributed by atoms with E-state index in [1.165, 1.54) is 0 Å². The quantitative estimate of drug-likeness (QED) is 0.232. The van der Waals surface area contributed by atoms with Crippen LogP contribution < -0.4 is 0 Å². The minimum Gasteiger partial charge on any atom is -0.456 e. The molecule has 0 amide bonds. The van der Waals surface area contributed by atoms with Gasteiger partial charge in [0.25, 0.3) is 0 Å². The first-order valence-electron chi connectivity index (χ1n) is 12.7. The van der Waals surface area contributed by atoms with Crippen LogP contribution in [0.15, 0.2) is 120 Å². The van der Waals surface area contributed by atoms with E-state index in [4.69, 9.17) is 21.0 Å². The molecule has 0 saturated carbocycles. The first kappa shape index (κ1) is 22.0. The van der Waals surface area contributed by atoms with Gasteiger partial charge in [0.1, 0.15) is 11.2 Å². The van der Waals surface area contributed by atoms with Gasteiger partial charge in [-0.15, -0.1) is 0 Å². The number of hydrogen-bond donors (Lipinski definition) is 0. The fourth-order valence-corrected chi connectivity index (χ4v) is 5.77. The molecule has 3 heterocycles. The van der Waals surface area contributed by atoms with E-state index in [1.807, 2.05) is 72.8 Å². The van der Waals surface area contributed by atoms with E-state index >= 15 is 0 Å². The topological polar surface area (TPSA) is 56.7 Å². The Morgan fingerprint density at radius 2 is 1.10 bits per heavy atom. The minimum absolute atomic E-state index is 0.138. The summed E-state index contributed by atoms with van der Waals surface area (Å²) in [4.78, 5) is 14.2. The molecule has 0 bridgehead atoms. The van der Waals surface area contributed by atoms with Crippen molar-refractivity contribution in [2.75, 3.05) is 0 Å². The molecule has 0 aliphatic carbocycles. The second-order valence-corrected chi connectivity index (χ2v) is 9.76. The van der Waals surface area contributed by atoms with Crippen LogP contribution in [0, 0.1) is 0 Å². The van der Waals surface area contributed by atoms with Crippen LogP contribution in [0.1, 0.15) is 0 Å². The molecule has 0 spiro atoms. The molecule has 0 fully saturated rings. The summed E-state index contributed by atoms with van der Waals surface area (Å²) in [7, 11) is 0. The number of hydrogen-bond acceptors (Lipinski definition) is 4.